The molecule has 7 heteroatoms. The highest BCUT2D eigenvalue weighted by Gasteiger charge is 2.41. The van der Waals surface area contributed by atoms with Crippen molar-refractivity contribution in [2.24, 2.45) is 0 Å². The van der Waals surface area contributed by atoms with Gasteiger partial charge in [-0.2, -0.15) is 0 Å². The molecule has 19 heavy (non-hydrogen) atoms. The number of rotatable bonds is 8. The molecule has 0 aliphatic carbocycles. The summed E-state index contributed by atoms with van der Waals surface area (Å²) in [4.78, 5) is 22.6. The van der Waals surface area contributed by atoms with E-state index in [2.05, 4.69) is 5.11 Å². The van der Waals surface area contributed by atoms with Gasteiger partial charge in [-0.05, 0) is 0 Å². The summed E-state index contributed by atoms with van der Waals surface area (Å²) >= 11 is 0. The molecule has 106 valence electrons. The van der Waals surface area contributed by atoms with Crippen LogP contribution in [-0.4, -0.2) is 64.2 Å². The third kappa shape index (κ3) is 4.60. The molecule has 1 aliphatic heterocycles. The van der Waals surface area contributed by atoms with E-state index in [0.29, 0.717) is 6.42 Å². The van der Waals surface area contributed by atoms with Gasteiger partial charge >= 0.3 is 5.97 Å². The normalized spacial score (nSPS) is 30.9. The van der Waals surface area contributed by atoms with Gasteiger partial charge in [0.2, 0.25) is 1.43 Å². The summed E-state index contributed by atoms with van der Waals surface area (Å²) in [6, 6.07) is -0.735. The lowest BCUT2D eigenvalue weighted by Crippen LogP contribution is -2.36. The number of esters is 1. The van der Waals surface area contributed by atoms with Gasteiger partial charge in [0.1, 0.15) is 38.5 Å². The van der Waals surface area contributed by atoms with Crippen LogP contribution in [0, 0.1) is 0 Å². The number of aliphatic hydroxyl groups excluding tert-OH is 1. The SMILES string of the molecule is [2H]OC1[C@@H](COC(=O)CCC(=O)CC)O[C@@H]([B])[C@H]1OC. The monoisotopic (exact) mass is 271 g/mol. The van der Waals surface area contributed by atoms with E-state index in [1.807, 2.05) is 0 Å². The van der Waals surface area contributed by atoms with Gasteiger partial charge in [0.05, 0.1) is 6.42 Å². The maximum atomic E-state index is 11.5. The first-order valence-corrected chi connectivity index (χ1v) is 6.26. The van der Waals surface area contributed by atoms with E-state index in [4.69, 9.17) is 23.5 Å². The molecule has 0 aromatic carbocycles. The smallest absolute Gasteiger partial charge is 0.306 e. The lowest BCUT2D eigenvalue weighted by molar-refractivity contribution is -0.149. The van der Waals surface area contributed by atoms with Crippen molar-refractivity contribution in [3.8, 4) is 0 Å². The van der Waals surface area contributed by atoms with Crippen LogP contribution >= 0.6 is 0 Å². The Hall–Kier alpha value is -0.915. The standard InChI is InChI=1S/C12H19BO6/c1-3-7(14)4-5-9(15)18-6-8-10(16)11(17-2)12(13)19-8/h8,10-12,16H,3-6H2,1-2H3/t8-,10?,11+,12-/m1/s1/i16D. The number of ether oxygens (including phenoxy) is 3. The number of hydrogen-bond donors (Lipinski definition) is 1. The number of carbonyl (C=O) groups is 2. The zero-order valence-corrected chi connectivity index (χ0v) is 11.2. The van der Waals surface area contributed by atoms with Crippen LogP contribution in [0.5, 0.6) is 0 Å². The largest absolute Gasteiger partial charge is 0.463 e. The molecule has 1 unspecified atom stereocenters. The highest BCUT2D eigenvalue weighted by atomic mass is 16.6. The van der Waals surface area contributed by atoms with Crippen LogP contribution in [0.2, 0.25) is 0 Å². The van der Waals surface area contributed by atoms with Crippen molar-refractivity contribution in [1.29, 1.82) is 1.43 Å². The Labute approximate surface area is 115 Å². The molecule has 0 saturated carbocycles. The molecule has 1 N–H and O–H groups in total. The zero-order chi connectivity index (χ0) is 15.1. The summed E-state index contributed by atoms with van der Waals surface area (Å²) in [5.74, 6) is -0.485. The lowest BCUT2D eigenvalue weighted by Gasteiger charge is -2.16. The van der Waals surface area contributed by atoms with Crippen LogP contribution in [0.15, 0.2) is 0 Å². The Morgan fingerprint density at radius 3 is 2.79 bits per heavy atom. The van der Waals surface area contributed by atoms with Crippen molar-refractivity contribution in [2.45, 2.75) is 50.5 Å². The third-order valence-electron chi connectivity index (χ3n) is 3.03. The molecule has 0 aromatic heterocycles. The molecular weight excluding hydrogens is 251 g/mol. The maximum absolute atomic E-state index is 11.5. The lowest BCUT2D eigenvalue weighted by atomic mass is 9.93. The Morgan fingerprint density at radius 2 is 2.21 bits per heavy atom. The van der Waals surface area contributed by atoms with Gasteiger partial charge in [-0.15, -0.1) is 0 Å². The molecule has 2 radical (unpaired) electrons. The zero-order valence-electron chi connectivity index (χ0n) is 12.2. The van der Waals surface area contributed by atoms with Crippen molar-refractivity contribution in [3.63, 3.8) is 0 Å². The second-order valence-electron chi connectivity index (χ2n) is 4.38. The average molecular weight is 271 g/mol. The molecule has 0 bridgehead atoms. The predicted octanol–water partition coefficient (Wildman–Crippen LogP) is -0.442. The molecule has 0 aromatic rings. The van der Waals surface area contributed by atoms with Gasteiger partial charge in [-0.25, -0.2) is 0 Å². The number of hydrogen-bond acceptors (Lipinski definition) is 6. The van der Waals surface area contributed by atoms with Crippen molar-refractivity contribution in [2.75, 3.05) is 13.7 Å². The van der Waals surface area contributed by atoms with Gasteiger partial charge in [-0.3, -0.25) is 9.59 Å². The topological polar surface area (TPSA) is 82.1 Å². The second kappa shape index (κ2) is 7.62. The third-order valence-corrected chi connectivity index (χ3v) is 3.03. The fraction of sp³-hybridized carbons (Fsp3) is 0.833. The fourth-order valence-corrected chi connectivity index (χ4v) is 1.82. The van der Waals surface area contributed by atoms with E-state index < -0.39 is 30.3 Å². The van der Waals surface area contributed by atoms with Crippen LogP contribution in [0.4, 0.5) is 0 Å². The highest BCUT2D eigenvalue weighted by Crippen LogP contribution is 2.22. The summed E-state index contributed by atoms with van der Waals surface area (Å²) in [7, 11) is 7.11. The van der Waals surface area contributed by atoms with Crippen molar-refractivity contribution in [3.05, 3.63) is 0 Å². The van der Waals surface area contributed by atoms with Gasteiger partial charge in [-0.1, -0.05) is 6.92 Å². The molecule has 1 rings (SSSR count). The van der Waals surface area contributed by atoms with Crippen LogP contribution in [0.3, 0.4) is 0 Å². The van der Waals surface area contributed by atoms with E-state index >= 15 is 0 Å². The van der Waals surface area contributed by atoms with Crippen LogP contribution in [0.1, 0.15) is 26.2 Å². The van der Waals surface area contributed by atoms with E-state index in [9.17, 15) is 9.59 Å². The quantitative estimate of drug-likeness (QED) is 0.476. The number of ketones is 1. The van der Waals surface area contributed by atoms with Gasteiger partial charge < -0.3 is 19.3 Å². The van der Waals surface area contributed by atoms with Crippen molar-refractivity contribution < 1.29 is 28.9 Å². The molecule has 1 saturated heterocycles. The molecule has 4 atom stereocenters. The number of aliphatic hydroxyl groups is 1. The number of carbonyl (C=O) groups excluding carboxylic acids is 2. The van der Waals surface area contributed by atoms with E-state index in [1.165, 1.54) is 7.11 Å². The summed E-state index contributed by atoms with van der Waals surface area (Å²) in [6.45, 7) is 1.65. The predicted molar refractivity (Wildman–Crippen MR) is 66.7 cm³/mol. The Balaban J connectivity index is 2.37. The van der Waals surface area contributed by atoms with E-state index in [-0.39, 0.29) is 25.2 Å². The Morgan fingerprint density at radius 1 is 1.47 bits per heavy atom. The first-order valence-electron chi connectivity index (χ1n) is 6.67. The summed E-state index contributed by atoms with van der Waals surface area (Å²) < 4.78 is 22.4. The first-order chi connectivity index (χ1) is 9.53. The molecule has 1 fully saturated rings. The van der Waals surface area contributed by atoms with Gasteiger partial charge in [0.15, 0.2) is 0 Å². The minimum absolute atomic E-state index is 0.00732. The van der Waals surface area contributed by atoms with E-state index in [1.54, 1.807) is 6.92 Å². The molecule has 6 nitrogen and oxygen atoms in total. The van der Waals surface area contributed by atoms with Crippen molar-refractivity contribution in [1.82, 2.24) is 0 Å². The van der Waals surface area contributed by atoms with Crippen molar-refractivity contribution >= 4 is 19.6 Å². The van der Waals surface area contributed by atoms with E-state index in [0.717, 1.165) is 0 Å². The molecule has 0 amide bonds. The molecular formula is C12H19BO6. The minimum Gasteiger partial charge on any atom is -0.463 e. The Bertz CT molecular complexity index is 340. The fourth-order valence-electron chi connectivity index (χ4n) is 1.82. The van der Waals surface area contributed by atoms with Crippen LogP contribution in [-0.2, 0) is 23.8 Å². The Kier molecular flexibility index (Phi) is 5.81. The summed E-state index contributed by atoms with van der Waals surface area (Å²) in [5.41, 5.74) is 0. The van der Waals surface area contributed by atoms with Crippen LogP contribution < -0.4 is 0 Å². The number of methoxy groups -OCH3 is 1. The molecule has 1 aliphatic rings. The second-order valence-corrected chi connectivity index (χ2v) is 4.38. The summed E-state index contributed by atoms with van der Waals surface area (Å²) in [6.07, 6.45) is -1.36. The average Bonchev–Trinajstić information content (AvgIpc) is 2.77. The summed E-state index contributed by atoms with van der Waals surface area (Å²) in [5, 5.41) is 4.52. The first kappa shape index (κ1) is 14.5. The van der Waals surface area contributed by atoms with Gasteiger partial charge in [0, 0.05) is 26.0 Å². The number of Topliss-reactive ketones (excluding diaryl/α,β-unsaturated/α-hetero) is 1. The highest BCUT2D eigenvalue weighted by molar-refractivity contribution is 6.11. The minimum atomic E-state index is -0.735. The van der Waals surface area contributed by atoms with Gasteiger partial charge in [0.25, 0.3) is 0 Å². The van der Waals surface area contributed by atoms with Crippen LogP contribution in [0.25, 0.3) is 0 Å². The maximum Gasteiger partial charge on any atom is 0.306 e. The molecule has 0 spiro atoms. The molecule has 1 heterocycles.